The minimum absolute atomic E-state index is 0.202. The van der Waals surface area contributed by atoms with Crippen LogP contribution in [0, 0.1) is 5.41 Å². The predicted molar refractivity (Wildman–Crippen MR) is 86.4 cm³/mol. The van der Waals surface area contributed by atoms with Gasteiger partial charge in [0, 0.05) is 21.0 Å². The van der Waals surface area contributed by atoms with Crippen LogP contribution >= 0.6 is 15.9 Å². The van der Waals surface area contributed by atoms with Gasteiger partial charge < -0.3 is 0 Å². The van der Waals surface area contributed by atoms with Crippen LogP contribution in [0.2, 0.25) is 0 Å². The first-order valence-corrected chi connectivity index (χ1v) is 8.05. The summed E-state index contributed by atoms with van der Waals surface area (Å²) < 4.78 is 3.06. The maximum Gasteiger partial charge on any atom is 0.236 e. The summed E-state index contributed by atoms with van der Waals surface area (Å²) in [6, 6.07) is 6.26. The fraction of sp³-hybridized carbons (Fsp3) is 0.471. The van der Waals surface area contributed by atoms with Crippen molar-refractivity contribution in [3.63, 3.8) is 0 Å². The van der Waals surface area contributed by atoms with Crippen molar-refractivity contribution in [1.82, 2.24) is 4.57 Å². The molecule has 1 aromatic carbocycles. The Labute approximate surface area is 128 Å². The van der Waals surface area contributed by atoms with Gasteiger partial charge in [0.2, 0.25) is 5.91 Å². The van der Waals surface area contributed by atoms with Crippen molar-refractivity contribution >= 4 is 32.7 Å². The molecule has 20 heavy (non-hydrogen) atoms. The molecule has 0 amide bonds. The minimum Gasteiger partial charge on any atom is -0.283 e. The fourth-order valence-corrected chi connectivity index (χ4v) is 3.45. The summed E-state index contributed by atoms with van der Waals surface area (Å²) in [7, 11) is 0. The number of benzene rings is 1. The zero-order valence-corrected chi connectivity index (χ0v) is 13.9. The Morgan fingerprint density at radius 2 is 1.90 bits per heavy atom. The Balaban J connectivity index is 2.33. The molecule has 0 fully saturated rings. The highest BCUT2D eigenvalue weighted by molar-refractivity contribution is 9.10. The average Bonchev–Trinajstić information content (AvgIpc) is 2.71. The summed E-state index contributed by atoms with van der Waals surface area (Å²) in [5, 5.41) is 1.24. The Morgan fingerprint density at radius 1 is 1.20 bits per heavy atom. The highest BCUT2D eigenvalue weighted by Gasteiger charge is 2.29. The van der Waals surface area contributed by atoms with Crippen molar-refractivity contribution in [2.24, 2.45) is 5.41 Å². The fourth-order valence-electron chi connectivity index (χ4n) is 3.08. The third-order valence-corrected chi connectivity index (χ3v) is 4.57. The molecular formula is C17H20BrNO. The van der Waals surface area contributed by atoms with E-state index in [9.17, 15) is 4.79 Å². The standard InChI is InChI=1S/C17H20BrNO/c1-17(2,3)16(20)19-14-7-5-4-6-12(14)13-10-11(18)8-9-15(13)19/h8-10H,4-7H2,1-3H3. The van der Waals surface area contributed by atoms with Crippen molar-refractivity contribution in [1.29, 1.82) is 0 Å². The lowest BCUT2D eigenvalue weighted by molar-refractivity contribution is 0.0768. The molecule has 0 aliphatic heterocycles. The second-order valence-electron chi connectivity index (χ2n) is 6.68. The highest BCUT2D eigenvalue weighted by atomic mass is 79.9. The molecule has 0 spiro atoms. The third-order valence-electron chi connectivity index (χ3n) is 4.08. The summed E-state index contributed by atoms with van der Waals surface area (Å²) in [6.07, 6.45) is 4.51. The molecule has 2 aromatic rings. The van der Waals surface area contributed by atoms with Crippen LogP contribution in [0.25, 0.3) is 10.9 Å². The summed E-state index contributed by atoms with van der Waals surface area (Å²) in [4.78, 5) is 12.8. The average molecular weight is 334 g/mol. The molecule has 0 saturated carbocycles. The molecule has 0 radical (unpaired) electrons. The molecule has 0 atom stereocenters. The molecule has 1 aliphatic carbocycles. The summed E-state index contributed by atoms with van der Waals surface area (Å²) in [6.45, 7) is 5.99. The highest BCUT2D eigenvalue weighted by Crippen LogP contribution is 2.35. The second-order valence-corrected chi connectivity index (χ2v) is 7.60. The smallest absolute Gasteiger partial charge is 0.236 e. The zero-order chi connectivity index (χ0) is 14.5. The molecule has 3 heteroatoms. The van der Waals surface area contributed by atoms with Gasteiger partial charge in [-0.3, -0.25) is 9.36 Å². The van der Waals surface area contributed by atoms with E-state index in [1.54, 1.807) is 0 Å². The van der Waals surface area contributed by atoms with Gasteiger partial charge in [0.1, 0.15) is 0 Å². The van der Waals surface area contributed by atoms with Crippen LogP contribution in [0.5, 0.6) is 0 Å². The Kier molecular flexibility index (Phi) is 3.28. The van der Waals surface area contributed by atoms with Gasteiger partial charge in [0.05, 0.1) is 5.52 Å². The topological polar surface area (TPSA) is 22.0 Å². The first-order valence-electron chi connectivity index (χ1n) is 7.26. The first kappa shape index (κ1) is 13.9. The number of nitrogens with zero attached hydrogens (tertiary/aromatic N) is 1. The van der Waals surface area contributed by atoms with Gasteiger partial charge in [-0.15, -0.1) is 0 Å². The predicted octanol–water partition coefficient (Wildman–Crippen LogP) is 4.97. The number of halogens is 1. The number of aromatic nitrogens is 1. The monoisotopic (exact) mass is 333 g/mol. The molecule has 1 aromatic heterocycles. The van der Waals surface area contributed by atoms with E-state index in [0.29, 0.717) is 0 Å². The number of rotatable bonds is 0. The Hall–Kier alpha value is -1.09. The molecule has 1 heterocycles. The van der Waals surface area contributed by atoms with Crippen molar-refractivity contribution < 1.29 is 4.79 Å². The molecule has 0 bridgehead atoms. The van der Waals surface area contributed by atoms with Crippen LogP contribution in [0.1, 0.15) is 49.7 Å². The van der Waals surface area contributed by atoms with Crippen LogP contribution in [0.15, 0.2) is 22.7 Å². The van der Waals surface area contributed by atoms with Crippen LogP contribution in [0.3, 0.4) is 0 Å². The number of fused-ring (bicyclic) bond motifs is 3. The van der Waals surface area contributed by atoms with Crippen LogP contribution in [0.4, 0.5) is 0 Å². The SMILES string of the molecule is CC(C)(C)C(=O)n1c2c(c3cc(Br)ccc31)CCCC2. The molecule has 3 rings (SSSR count). The quantitative estimate of drug-likeness (QED) is 0.667. The third kappa shape index (κ3) is 2.12. The molecular weight excluding hydrogens is 314 g/mol. The van der Waals surface area contributed by atoms with E-state index in [-0.39, 0.29) is 11.3 Å². The Morgan fingerprint density at radius 3 is 2.60 bits per heavy atom. The lowest BCUT2D eigenvalue weighted by Gasteiger charge is -2.21. The number of carbonyl (C=O) groups excluding carboxylic acids is 1. The van der Waals surface area contributed by atoms with Crippen LogP contribution < -0.4 is 0 Å². The van der Waals surface area contributed by atoms with Gasteiger partial charge in [-0.25, -0.2) is 0 Å². The largest absolute Gasteiger partial charge is 0.283 e. The van der Waals surface area contributed by atoms with E-state index in [0.717, 1.165) is 22.8 Å². The van der Waals surface area contributed by atoms with E-state index in [2.05, 4.69) is 28.1 Å². The zero-order valence-electron chi connectivity index (χ0n) is 12.3. The number of carbonyl (C=O) groups is 1. The van der Waals surface area contributed by atoms with E-state index < -0.39 is 0 Å². The lowest BCUT2D eigenvalue weighted by Crippen LogP contribution is -2.28. The molecule has 106 valence electrons. The van der Waals surface area contributed by atoms with Gasteiger partial charge in [0.25, 0.3) is 0 Å². The number of aryl methyl sites for hydroxylation is 1. The van der Waals surface area contributed by atoms with Crippen molar-refractivity contribution in [3.05, 3.63) is 33.9 Å². The summed E-state index contributed by atoms with van der Waals surface area (Å²) in [5.41, 5.74) is 3.33. The van der Waals surface area contributed by atoms with Gasteiger partial charge in [-0.2, -0.15) is 0 Å². The van der Waals surface area contributed by atoms with Crippen molar-refractivity contribution in [2.45, 2.75) is 46.5 Å². The van der Waals surface area contributed by atoms with E-state index >= 15 is 0 Å². The Bertz CT molecular complexity index is 691. The molecule has 0 unspecified atom stereocenters. The van der Waals surface area contributed by atoms with Crippen LogP contribution in [-0.4, -0.2) is 10.5 Å². The molecule has 0 N–H and O–H groups in total. The maximum atomic E-state index is 12.8. The van der Waals surface area contributed by atoms with Crippen molar-refractivity contribution in [3.8, 4) is 0 Å². The molecule has 0 saturated heterocycles. The van der Waals surface area contributed by atoms with Gasteiger partial charge >= 0.3 is 0 Å². The maximum absolute atomic E-state index is 12.8. The lowest BCUT2D eigenvalue weighted by atomic mass is 9.93. The van der Waals surface area contributed by atoms with E-state index in [1.807, 2.05) is 31.4 Å². The molecule has 1 aliphatic rings. The first-order chi connectivity index (χ1) is 9.39. The van der Waals surface area contributed by atoms with Crippen molar-refractivity contribution in [2.75, 3.05) is 0 Å². The normalized spacial score (nSPS) is 15.4. The summed E-state index contributed by atoms with van der Waals surface area (Å²) >= 11 is 3.55. The van der Waals surface area contributed by atoms with E-state index in [4.69, 9.17) is 0 Å². The molecule has 2 nitrogen and oxygen atoms in total. The second kappa shape index (κ2) is 4.73. The van der Waals surface area contributed by atoms with E-state index in [1.165, 1.54) is 29.5 Å². The van der Waals surface area contributed by atoms with Gasteiger partial charge in [-0.1, -0.05) is 36.7 Å². The van der Waals surface area contributed by atoms with Crippen LogP contribution in [-0.2, 0) is 12.8 Å². The number of hydrogen-bond donors (Lipinski definition) is 0. The summed E-state index contributed by atoms with van der Waals surface area (Å²) in [5.74, 6) is 0.202. The van der Waals surface area contributed by atoms with Gasteiger partial charge in [0.15, 0.2) is 0 Å². The van der Waals surface area contributed by atoms with Gasteiger partial charge in [-0.05, 0) is 49.4 Å². The number of hydrogen-bond acceptors (Lipinski definition) is 1. The minimum atomic E-state index is -0.357.